The standard InChI is InChI=1S/C18H22N4O2/c1-2-24-17-6-4-3-5-16(17)18(23)21-13-7-8-14(21)12-15(11-13)22-19-9-10-20-22/h3-6,9-10,13-15H,2,7-8,11-12H2,1H3. The Morgan fingerprint density at radius 1 is 1.12 bits per heavy atom. The SMILES string of the molecule is CCOc1ccccc1C(=O)N1C2CCC1CC(n1nccn1)C2. The third-order valence-corrected chi connectivity index (χ3v) is 5.12. The molecule has 2 aromatic rings. The third kappa shape index (κ3) is 2.56. The van der Waals surface area contributed by atoms with Gasteiger partial charge in [-0.3, -0.25) is 4.79 Å². The van der Waals surface area contributed by atoms with Gasteiger partial charge in [-0.25, -0.2) is 0 Å². The Labute approximate surface area is 141 Å². The minimum Gasteiger partial charge on any atom is -0.493 e. The maximum absolute atomic E-state index is 13.2. The summed E-state index contributed by atoms with van der Waals surface area (Å²) in [5.41, 5.74) is 0.673. The molecule has 4 rings (SSSR count). The number of fused-ring (bicyclic) bond motifs is 2. The molecule has 0 spiro atoms. The number of amides is 1. The Kier molecular flexibility index (Phi) is 3.96. The molecule has 0 aliphatic carbocycles. The minimum absolute atomic E-state index is 0.0958. The largest absolute Gasteiger partial charge is 0.493 e. The zero-order valence-corrected chi connectivity index (χ0v) is 13.8. The number of ether oxygens (including phenoxy) is 1. The third-order valence-electron chi connectivity index (χ3n) is 5.12. The van der Waals surface area contributed by atoms with Crippen LogP contribution in [-0.2, 0) is 0 Å². The van der Waals surface area contributed by atoms with E-state index in [1.165, 1.54) is 0 Å². The summed E-state index contributed by atoms with van der Waals surface area (Å²) in [5.74, 6) is 0.777. The first-order chi connectivity index (χ1) is 11.8. The molecule has 2 aliphatic rings. The van der Waals surface area contributed by atoms with Gasteiger partial charge < -0.3 is 9.64 Å². The molecule has 2 bridgehead atoms. The molecule has 0 saturated carbocycles. The molecule has 2 aliphatic heterocycles. The first kappa shape index (κ1) is 15.2. The second kappa shape index (κ2) is 6.26. The molecule has 6 heteroatoms. The van der Waals surface area contributed by atoms with Gasteiger partial charge in [-0.2, -0.15) is 15.0 Å². The van der Waals surface area contributed by atoms with E-state index in [0.29, 0.717) is 24.0 Å². The predicted octanol–water partition coefficient (Wildman–Crippen LogP) is 2.69. The molecule has 126 valence electrons. The lowest BCUT2D eigenvalue weighted by Gasteiger charge is -2.38. The average molecular weight is 326 g/mol. The number of benzene rings is 1. The number of para-hydroxylation sites is 1. The number of hydrogen-bond acceptors (Lipinski definition) is 4. The monoisotopic (exact) mass is 326 g/mol. The quantitative estimate of drug-likeness (QED) is 0.867. The lowest BCUT2D eigenvalue weighted by molar-refractivity contribution is 0.0508. The van der Waals surface area contributed by atoms with E-state index in [0.717, 1.165) is 25.7 Å². The number of piperidine rings is 1. The van der Waals surface area contributed by atoms with E-state index in [-0.39, 0.29) is 18.0 Å². The van der Waals surface area contributed by atoms with Crippen LogP contribution < -0.4 is 4.74 Å². The average Bonchev–Trinajstić information content (AvgIpc) is 3.22. The maximum atomic E-state index is 13.2. The predicted molar refractivity (Wildman–Crippen MR) is 88.9 cm³/mol. The van der Waals surface area contributed by atoms with Crippen molar-refractivity contribution in [1.29, 1.82) is 0 Å². The Balaban J connectivity index is 1.57. The lowest BCUT2D eigenvalue weighted by Crippen LogP contribution is -2.47. The molecule has 2 atom stereocenters. The summed E-state index contributed by atoms with van der Waals surface area (Å²) in [6, 6.07) is 8.38. The molecule has 3 heterocycles. The van der Waals surface area contributed by atoms with E-state index in [9.17, 15) is 4.79 Å². The Hall–Kier alpha value is -2.37. The minimum atomic E-state index is 0.0958. The summed E-state index contributed by atoms with van der Waals surface area (Å²) in [4.78, 5) is 17.0. The van der Waals surface area contributed by atoms with E-state index in [1.807, 2.05) is 31.2 Å². The molecule has 1 amide bonds. The second-order valence-electron chi connectivity index (χ2n) is 6.50. The van der Waals surface area contributed by atoms with Crippen molar-refractivity contribution in [2.24, 2.45) is 0 Å². The molecule has 2 saturated heterocycles. The molecular weight excluding hydrogens is 304 g/mol. The topological polar surface area (TPSA) is 60.2 Å². The molecule has 1 aromatic carbocycles. The van der Waals surface area contributed by atoms with Crippen LogP contribution >= 0.6 is 0 Å². The van der Waals surface area contributed by atoms with Crippen molar-refractivity contribution in [1.82, 2.24) is 19.9 Å². The summed E-state index contributed by atoms with van der Waals surface area (Å²) in [5, 5.41) is 8.57. The number of rotatable bonds is 4. The molecule has 6 nitrogen and oxygen atoms in total. The van der Waals surface area contributed by atoms with E-state index >= 15 is 0 Å². The van der Waals surface area contributed by atoms with Gasteiger partial charge in [0, 0.05) is 12.1 Å². The number of carbonyl (C=O) groups excluding carboxylic acids is 1. The fourth-order valence-electron chi connectivity index (χ4n) is 4.15. The normalized spacial score (nSPS) is 25.7. The number of hydrogen-bond donors (Lipinski definition) is 0. The first-order valence-corrected chi connectivity index (χ1v) is 8.68. The van der Waals surface area contributed by atoms with Crippen LogP contribution in [0.1, 0.15) is 49.0 Å². The van der Waals surface area contributed by atoms with Crippen molar-refractivity contribution in [2.45, 2.75) is 50.7 Å². The highest BCUT2D eigenvalue weighted by molar-refractivity contribution is 5.97. The van der Waals surface area contributed by atoms with Crippen molar-refractivity contribution in [2.75, 3.05) is 6.61 Å². The van der Waals surface area contributed by atoms with Gasteiger partial charge in [0.15, 0.2) is 0 Å². The van der Waals surface area contributed by atoms with Crippen LogP contribution in [0.4, 0.5) is 0 Å². The first-order valence-electron chi connectivity index (χ1n) is 8.68. The van der Waals surface area contributed by atoms with Crippen molar-refractivity contribution < 1.29 is 9.53 Å². The summed E-state index contributed by atoms with van der Waals surface area (Å²) in [7, 11) is 0. The number of carbonyl (C=O) groups is 1. The van der Waals surface area contributed by atoms with Crippen molar-refractivity contribution >= 4 is 5.91 Å². The Morgan fingerprint density at radius 2 is 1.79 bits per heavy atom. The number of aromatic nitrogens is 3. The smallest absolute Gasteiger partial charge is 0.258 e. The Bertz CT molecular complexity index is 702. The molecule has 0 radical (unpaired) electrons. The molecule has 2 unspecified atom stereocenters. The van der Waals surface area contributed by atoms with Gasteiger partial charge >= 0.3 is 0 Å². The van der Waals surface area contributed by atoms with E-state index < -0.39 is 0 Å². The zero-order chi connectivity index (χ0) is 16.5. The Morgan fingerprint density at radius 3 is 2.46 bits per heavy atom. The lowest BCUT2D eigenvalue weighted by atomic mass is 9.96. The fraction of sp³-hybridized carbons (Fsp3) is 0.500. The number of nitrogens with zero attached hydrogens (tertiary/aromatic N) is 4. The molecule has 2 fully saturated rings. The zero-order valence-electron chi connectivity index (χ0n) is 13.8. The van der Waals surface area contributed by atoms with Gasteiger partial charge in [0.05, 0.1) is 30.6 Å². The maximum Gasteiger partial charge on any atom is 0.258 e. The highest BCUT2D eigenvalue weighted by Crippen LogP contribution is 2.41. The van der Waals surface area contributed by atoms with Crippen LogP contribution in [0.3, 0.4) is 0 Å². The second-order valence-corrected chi connectivity index (χ2v) is 6.50. The van der Waals surface area contributed by atoms with Crippen LogP contribution in [-0.4, -0.2) is 44.5 Å². The van der Waals surface area contributed by atoms with Crippen LogP contribution in [0.25, 0.3) is 0 Å². The van der Waals surface area contributed by atoms with E-state index in [2.05, 4.69) is 15.1 Å². The van der Waals surface area contributed by atoms with Gasteiger partial charge in [0.2, 0.25) is 0 Å². The van der Waals surface area contributed by atoms with Crippen LogP contribution in [0.5, 0.6) is 5.75 Å². The van der Waals surface area contributed by atoms with E-state index in [4.69, 9.17) is 4.74 Å². The summed E-state index contributed by atoms with van der Waals surface area (Å²) < 4.78 is 5.65. The fourth-order valence-corrected chi connectivity index (χ4v) is 4.15. The van der Waals surface area contributed by atoms with Gasteiger partial charge in [-0.1, -0.05) is 12.1 Å². The molecular formula is C18H22N4O2. The summed E-state index contributed by atoms with van der Waals surface area (Å²) in [6.45, 7) is 2.50. The summed E-state index contributed by atoms with van der Waals surface area (Å²) in [6.07, 6.45) is 7.41. The highest BCUT2D eigenvalue weighted by atomic mass is 16.5. The van der Waals surface area contributed by atoms with Gasteiger partial charge in [-0.05, 0) is 44.7 Å². The van der Waals surface area contributed by atoms with Crippen molar-refractivity contribution in [3.05, 3.63) is 42.2 Å². The van der Waals surface area contributed by atoms with Crippen LogP contribution in [0.15, 0.2) is 36.7 Å². The van der Waals surface area contributed by atoms with Crippen LogP contribution in [0.2, 0.25) is 0 Å². The van der Waals surface area contributed by atoms with Crippen LogP contribution in [0, 0.1) is 0 Å². The van der Waals surface area contributed by atoms with Crippen molar-refractivity contribution in [3.8, 4) is 5.75 Å². The highest BCUT2D eigenvalue weighted by Gasteiger charge is 2.44. The molecule has 1 aromatic heterocycles. The van der Waals surface area contributed by atoms with E-state index in [1.54, 1.807) is 17.2 Å². The molecule has 24 heavy (non-hydrogen) atoms. The molecule has 0 N–H and O–H groups in total. The van der Waals surface area contributed by atoms with Gasteiger partial charge in [-0.15, -0.1) is 0 Å². The van der Waals surface area contributed by atoms with Gasteiger partial charge in [0.1, 0.15) is 5.75 Å². The van der Waals surface area contributed by atoms with Crippen molar-refractivity contribution in [3.63, 3.8) is 0 Å². The summed E-state index contributed by atoms with van der Waals surface area (Å²) >= 11 is 0. The van der Waals surface area contributed by atoms with Gasteiger partial charge in [0.25, 0.3) is 5.91 Å².